The minimum absolute atomic E-state index is 0.0382. The number of unbranched alkanes of at least 4 members (excludes halogenated alkanes) is 2. The van der Waals surface area contributed by atoms with Gasteiger partial charge in [0.15, 0.2) is 6.35 Å². The molecule has 1 aromatic rings. The van der Waals surface area contributed by atoms with Gasteiger partial charge in [-0.2, -0.15) is 0 Å². The fraction of sp³-hybridized carbons (Fsp3) is 0.625. The SMILES string of the molecule is CCCCOP(=O)(COc1ccc(C)cc1)OCCCC. The van der Waals surface area contributed by atoms with Crippen LogP contribution in [0.4, 0.5) is 0 Å². The monoisotopic (exact) mass is 314 g/mol. The van der Waals surface area contributed by atoms with Crippen molar-refractivity contribution in [1.82, 2.24) is 0 Å². The Labute approximate surface area is 128 Å². The predicted molar refractivity (Wildman–Crippen MR) is 86.0 cm³/mol. The highest BCUT2D eigenvalue weighted by molar-refractivity contribution is 7.53. The van der Waals surface area contributed by atoms with Crippen molar-refractivity contribution in [2.75, 3.05) is 19.6 Å². The van der Waals surface area contributed by atoms with Crippen molar-refractivity contribution in [1.29, 1.82) is 0 Å². The van der Waals surface area contributed by atoms with E-state index in [0.29, 0.717) is 19.0 Å². The van der Waals surface area contributed by atoms with E-state index in [1.807, 2.05) is 31.2 Å². The Balaban J connectivity index is 2.53. The van der Waals surface area contributed by atoms with Crippen LogP contribution in [-0.4, -0.2) is 19.6 Å². The van der Waals surface area contributed by atoms with Gasteiger partial charge in [0.05, 0.1) is 13.2 Å². The Hall–Kier alpha value is -0.830. The molecule has 0 amide bonds. The van der Waals surface area contributed by atoms with Crippen molar-refractivity contribution < 1.29 is 18.3 Å². The van der Waals surface area contributed by atoms with Gasteiger partial charge in [0, 0.05) is 0 Å². The second kappa shape index (κ2) is 9.99. The van der Waals surface area contributed by atoms with Gasteiger partial charge in [-0.15, -0.1) is 0 Å². The summed E-state index contributed by atoms with van der Waals surface area (Å²) < 4.78 is 29.1. The van der Waals surface area contributed by atoms with Crippen LogP contribution >= 0.6 is 7.60 Å². The van der Waals surface area contributed by atoms with Gasteiger partial charge in [0.2, 0.25) is 0 Å². The lowest BCUT2D eigenvalue weighted by molar-refractivity contribution is 0.180. The molecule has 0 radical (unpaired) electrons. The maximum atomic E-state index is 12.6. The third kappa shape index (κ3) is 7.66. The quantitative estimate of drug-likeness (QED) is 0.418. The number of benzene rings is 1. The Morgan fingerprint density at radius 3 is 1.95 bits per heavy atom. The minimum atomic E-state index is -3.18. The topological polar surface area (TPSA) is 44.8 Å². The first-order valence-corrected chi connectivity index (χ1v) is 9.40. The van der Waals surface area contributed by atoms with Crippen LogP contribution in [0.15, 0.2) is 24.3 Å². The van der Waals surface area contributed by atoms with Gasteiger partial charge in [0.25, 0.3) is 0 Å². The van der Waals surface area contributed by atoms with E-state index in [1.165, 1.54) is 0 Å². The van der Waals surface area contributed by atoms with E-state index in [2.05, 4.69) is 13.8 Å². The molecule has 0 bridgehead atoms. The van der Waals surface area contributed by atoms with Crippen LogP contribution in [0.5, 0.6) is 5.75 Å². The first kappa shape index (κ1) is 18.2. The molecule has 0 atom stereocenters. The van der Waals surface area contributed by atoms with E-state index < -0.39 is 7.60 Å². The summed E-state index contributed by atoms with van der Waals surface area (Å²) in [6.07, 6.45) is 3.68. The summed E-state index contributed by atoms with van der Waals surface area (Å²) >= 11 is 0. The molecule has 5 heteroatoms. The molecule has 0 heterocycles. The number of hydrogen-bond acceptors (Lipinski definition) is 4. The molecule has 120 valence electrons. The highest BCUT2D eigenvalue weighted by Crippen LogP contribution is 2.48. The molecule has 0 N–H and O–H groups in total. The molecule has 0 unspecified atom stereocenters. The normalized spacial score (nSPS) is 11.6. The van der Waals surface area contributed by atoms with E-state index in [0.717, 1.165) is 31.2 Å². The third-order valence-corrected chi connectivity index (χ3v) is 4.58. The zero-order valence-corrected chi connectivity index (χ0v) is 14.2. The number of aryl methyl sites for hydroxylation is 1. The lowest BCUT2D eigenvalue weighted by atomic mass is 10.2. The fourth-order valence-corrected chi connectivity index (χ4v) is 2.94. The average Bonchev–Trinajstić information content (AvgIpc) is 2.47. The molecule has 0 fully saturated rings. The summed E-state index contributed by atoms with van der Waals surface area (Å²) in [4.78, 5) is 0. The zero-order valence-electron chi connectivity index (χ0n) is 13.3. The molecule has 1 rings (SSSR count). The molecule has 0 saturated heterocycles. The Morgan fingerprint density at radius 2 is 1.48 bits per heavy atom. The smallest absolute Gasteiger partial charge is 0.367 e. The van der Waals surface area contributed by atoms with E-state index in [1.54, 1.807) is 0 Å². The zero-order chi connectivity index (χ0) is 15.6. The average molecular weight is 314 g/mol. The Kier molecular flexibility index (Phi) is 8.67. The van der Waals surface area contributed by atoms with Gasteiger partial charge >= 0.3 is 7.60 Å². The van der Waals surface area contributed by atoms with Crippen LogP contribution < -0.4 is 4.74 Å². The van der Waals surface area contributed by atoms with Gasteiger partial charge < -0.3 is 13.8 Å². The van der Waals surface area contributed by atoms with Gasteiger partial charge in [-0.05, 0) is 31.9 Å². The Morgan fingerprint density at radius 1 is 0.952 bits per heavy atom. The summed E-state index contributed by atoms with van der Waals surface area (Å²) in [7, 11) is -3.18. The second-order valence-corrected chi connectivity index (χ2v) is 7.07. The van der Waals surface area contributed by atoms with Crippen LogP contribution in [0.1, 0.15) is 45.1 Å². The molecule has 4 nitrogen and oxygen atoms in total. The Bertz CT molecular complexity index is 416. The summed E-state index contributed by atoms with van der Waals surface area (Å²) in [6.45, 7) is 7.02. The number of ether oxygens (including phenoxy) is 1. The minimum Gasteiger partial charge on any atom is -0.481 e. The van der Waals surface area contributed by atoms with Crippen LogP contribution in [-0.2, 0) is 13.6 Å². The van der Waals surface area contributed by atoms with Crippen LogP contribution in [0, 0.1) is 6.92 Å². The van der Waals surface area contributed by atoms with E-state index in [-0.39, 0.29) is 6.35 Å². The maximum absolute atomic E-state index is 12.6. The summed E-state index contributed by atoms with van der Waals surface area (Å²) in [5.41, 5.74) is 1.16. The van der Waals surface area contributed by atoms with Crippen LogP contribution in [0.3, 0.4) is 0 Å². The second-order valence-electron chi connectivity index (χ2n) is 5.07. The molecular formula is C16H27O4P. The van der Waals surface area contributed by atoms with E-state index in [9.17, 15) is 4.57 Å². The predicted octanol–water partition coefficient (Wildman–Crippen LogP) is 5.16. The first-order chi connectivity index (χ1) is 10.1. The van der Waals surface area contributed by atoms with Crippen molar-refractivity contribution in [3.63, 3.8) is 0 Å². The third-order valence-electron chi connectivity index (χ3n) is 2.98. The molecule has 0 aliphatic heterocycles. The van der Waals surface area contributed by atoms with Gasteiger partial charge in [-0.25, -0.2) is 0 Å². The lowest BCUT2D eigenvalue weighted by Gasteiger charge is -2.19. The van der Waals surface area contributed by atoms with Crippen LogP contribution in [0.25, 0.3) is 0 Å². The van der Waals surface area contributed by atoms with E-state index >= 15 is 0 Å². The van der Waals surface area contributed by atoms with Gasteiger partial charge in [-0.1, -0.05) is 44.4 Å². The molecule has 0 saturated carbocycles. The van der Waals surface area contributed by atoms with Crippen molar-refractivity contribution >= 4 is 7.60 Å². The molecule has 0 aliphatic carbocycles. The summed E-state index contributed by atoms with van der Waals surface area (Å²) in [5, 5.41) is 0. The van der Waals surface area contributed by atoms with Crippen LogP contribution in [0.2, 0.25) is 0 Å². The van der Waals surface area contributed by atoms with Crippen molar-refractivity contribution in [2.45, 2.75) is 46.5 Å². The maximum Gasteiger partial charge on any atom is 0.367 e. The standard InChI is InChI=1S/C16H27O4P/c1-4-6-12-19-21(17,20-13-7-5-2)14-18-16-10-8-15(3)9-11-16/h8-11H,4-7,12-14H2,1-3H3. The summed E-state index contributed by atoms with van der Waals surface area (Å²) in [5.74, 6) is 0.680. The van der Waals surface area contributed by atoms with Crippen molar-refractivity contribution in [3.8, 4) is 5.75 Å². The number of hydrogen-bond donors (Lipinski definition) is 0. The highest BCUT2D eigenvalue weighted by atomic mass is 31.2. The molecular weight excluding hydrogens is 287 g/mol. The van der Waals surface area contributed by atoms with E-state index in [4.69, 9.17) is 13.8 Å². The van der Waals surface area contributed by atoms with Gasteiger partial charge in [0.1, 0.15) is 5.75 Å². The molecule has 0 spiro atoms. The largest absolute Gasteiger partial charge is 0.481 e. The van der Waals surface area contributed by atoms with Crippen molar-refractivity contribution in [3.05, 3.63) is 29.8 Å². The summed E-state index contributed by atoms with van der Waals surface area (Å²) in [6, 6.07) is 7.63. The molecule has 1 aromatic carbocycles. The first-order valence-electron chi connectivity index (χ1n) is 7.67. The number of rotatable bonds is 11. The lowest BCUT2D eigenvalue weighted by Crippen LogP contribution is -2.07. The van der Waals surface area contributed by atoms with Crippen molar-refractivity contribution in [2.24, 2.45) is 0 Å². The van der Waals surface area contributed by atoms with Gasteiger partial charge in [-0.3, -0.25) is 4.57 Å². The fourth-order valence-electron chi connectivity index (χ4n) is 1.60. The highest BCUT2D eigenvalue weighted by Gasteiger charge is 2.25. The molecule has 0 aliphatic rings. The molecule has 21 heavy (non-hydrogen) atoms. The molecule has 0 aromatic heterocycles.